The van der Waals surface area contributed by atoms with Gasteiger partial charge in [0, 0.05) is 17.4 Å². The van der Waals surface area contributed by atoms with Crippen LogP contribution in [0.3, 0.4) is 0 Å². The summed E-state index contributed by atoms with van der Waals surface area (Å²) in [5.74, 6) is 0.763. The van der Waals surface area contributed by atoms with Gasteiger partial charge in [0.1, 0.15) is 12.1 Å². The molecule has 0 saturated carbocycles. The molecular formula is C13H15N3O. The zero-order valence-corrected chi connectivity index (χ0v) is 9.56. The van der Waals surface area contributed by atoms with Crippen LogP contribution in [-0.2, 0) is 0 Å². The van der Waals surface area contributed by atoms with Crippen molar-refractivity contribution in [3.8, 4) is 5.75 Å². The molecule has 1 aromatic heterocycles. The molecule has 88 valence electrons. The lowest BCUT2D eigenvalue weighted by Crippen LogP contribution is -2.27. The Morgan fingerprint density at radius 2 is 2.00 bits per heavy atom. The molecule has 2 heterocycles. The normalized spacial score (nSPS) is 17.4. The standard InChI is InChI=1S/C13H15N3O/c17-10-1-2-11-12(7-10)15-8-16-13(11)9-3-5-14-6-4-9/h1-2,7-9,14,17H,3-6H2. The highest BCUT2D eigenvalue weighted by Gasteiger charge is 2.18. The highest BCUT2D eigenvalue weighted by atomic mass is 16.3. The summed E-state index contributed by atoms with van der Waals surface area (Å²) >= 11 is 0. The zero-order chi connectivity index (χ0) is 11.7. The Morgan fingerprint density at radius 1 is 1.18 bits per heavy atom. The molecule has 0 radical (unpaired) electrons. The molecule has 4 nitrogen and oxygen atoms in total. The Bertz CT molecular complexity index is 535. The van der Waals surface area contributed by atoms with E-state index in [1.165, 1.54) is 0 Å². The van der Waals surface area contributed by atoms with Crippen molar-refractivity contribution in [1.82, 2.24) is 15.3 Å². The van der Waals surface area contributed by atoms with Crippen LogP contribution in [-0.4, -0.2) is 28.2 Å². The van der Waals surface area contributed by atoms with Crippen LogP contribution in [0.2, 0.25) is 0 Å². The van der Waals surface area contributed by atoms with E-state index in [4.69, 9.17) is 0 Å². The van der Waals surface area contributed by atoms with E-state index >= 15 is 0 Å². The number of phenolic OH excluding ortho intramolecular Hbond substituents is 1. The first kappa shape index (κ1) is 10.5. The van der Waals surface area contributed by atoms with E-state index in [2.05, 4.69) is 15.3 Å². The van der Waals surface area contributed by atoms with Gasteiger partial charge in [-0.25, -0.2) is 9.97 Å². The van der Waals surface area contributed by atoms with Crippen molar-refractivity contribution in [2.45, 2.75) is 18.8 Å². The molecule has 1 aliphatic heterocycles. The fraction of sp³-hybridized carbons (Fsp3) is 0.385. The molecule has 0 bridgehead atoms. The minimum atomic E-state index is 0.257. The van der Waals surface area contributed by atoms with Crippen molar-refractivity contribution < 1.29 is 5.11 Å². The summed E-state index contributed by atoms with van der Waals surface area (Å²) < 4.78 is 0. The molecule has 0 amide bonds. The van der Waals surface area contributed by atoms with Crippen LogP contribution in [0.15, 0.2) is 24.5 Å². The van der Waals surface area contributed by atoms with Crippen LogP contribution in [0.1, 0.15) is 24.5 Å². The third-order valence-corrected chi connectivity index (χ3v) is 3.38. The first-order chi connectivity index (χ1) is 8.34. The predicted molar refractivity (Wildman–Crippen MR) is 66.0 cm³/mol. The molecule has 0 atom stereocenters. The number of hydrogen-bond acceptors (Lipinski definition) is 4. The van der Waals surface area contributed by atoms with Crippen LogP contribution in [0, 0.1) is 0 Å². The highest BCUT2D eigenvalue weighted by molar-refractivity contribution is 5.82. The van der Waals surface area contributed by atoms with Crippen LogP contribution in [0.25, 0.3) is 10.9 Å². The summed E-state index contributed by atoms with van der Waals surface area (Å²) in [6.07, 6.45) is 3.83. The van der Waals surface area contributed by atoms with Crippen molar-refractivity contribution in [2.24, 2.45) is 0 Å². The molecule has 2 N–H and O–H groups in total. The third-order valence-electron chi connectivity index (χ3n) is 3.38. The third kappa shape index (κ3) is 1.96. The Labute approximate surface area is 99.7 Å². The predicted octanol–water partition coefficient (Wildman–Crippen LogP) is 1.80. The zero-order valence-electron chi connectivity index (χ0n) is 9.56. The second-order valence-electron chi connectivity index (χ2n) is 4.48. The van der Waals surface area contributed by atoms with E-state index in [-0.39, 0.29) is 5.75 Å². The fourth-order valence-electron chi connectivity index (χ4n) is 2.49. The number of rotatable bonds is 1. The average molecular weight is 229 g/mol. The van der Waals surface area contributed by atoms with Crippen molar-refractivity contribution >= 4 is 10.9 Å². The number of aromatic nitrogens is 2. The first-order valence-corrected chi connectivity index (χ1v) is 5.99. The molecular weight excluding hydrogens is 214 g/mol. The number of phenols is 1. The lowest BCUT2D eigenvalue weighted by Gasteiger charge is -2.22. The maximum Gasteiger partial charge on any atom is 0.117 e. The van der Waals surface area contributed by atoms with E-state index in [9.17, 15) is 5.11 Å². The molecule has 4 heteroatoms. The van der Waals surface area contributed by atoms with Gasteiger partial charge in [-0.05, 0) is 38.1 Å². The van der Waals surface area contributed by atoms with Gasteiger partial charge in [0.15, 0.2) is 0 Å². The Morgan fingerprint density at radius 3 is 2.82 bits per heavy atom. The molecule has 0 unspecified atom stereocenters. The molecule has 1 aromatic carbocycles. The number of hydrogen-bond donors (Lipinski definition) is 2. The summed E-state index contributed by atoms with van der Waals surface area (Å²) in [6, 6.07) is 5.32. The Balaban J connectivity index is 2.09. The number of nitrogens with zero attached hydrogens (tertiary/aromatic N) is 2. The topological polar surface area (TPSA) is 58.0 Å². The summed E-state index contributed by atoms with van der Waals surface area (Å²) in [6.45, 7) is 2.10. The van der Waals surface area contributed by atoms with Gasteiger partial charge in [0.2, 0.25) is 0 Å². The SMILES string of the molecule is Oc1ccc2c(C3CCNCC3)ncnc2c1. The second kappa shape index (κ2) is 4.30. The number of nitrogens with one attached hydrogen (secondary N) is 1. The number of aromatic hydroxyl groups is 1. The van der Waals surface area contributed by atoms with Crippen molar-refractivity contribution in [3.05, 3.63) is 30.2 Å². The van der Waals surface area contributed by atoms with Gasteiger partial charge in [0.25, 0.3) is 0 Å². The van der Waals surface area contributed by atoms with Crippen LogP contribution < -0.4 is 5.32 Å². The molecule has 0 spiro atoms. The summed E-state index contributed by atoms with van der Waals surface area (Å²) in [4.78, 5) is 8.65. The average Bonchev–Trinajstić information content (AvgIpc) is 2.39. The van der Waals surface area contributed by atoms with E-state index in [1.807, 2.05) is 6.07 Å². The number of fused-ring (bicyclic) bond motifs is 1. The lowest BCUT2D eigenvalue weighted by atomic mass is 9.92. The number of piperidine rings is 1. The molecule has 1 fully saturated rings. The van der Waals surface area contributed by atoms with Gasteiger partial charge in [-0.15, -0.1) is 0 Å². The highest BCUT2D eigenvalue weighted by Crippen LogP contribution is 2.29. The monoisotopic (exact) mass is 229 g/mol. The molecule has 2 aromatic rings. The van der Waals surface area contributed by atoms with Gasteiger partial charge in [-0.2, -0.15) is 0 Å². The van der Waals surface area contributed by atoms with Crippen molar-refractivity contribution in [1.29, 1.82) is 0 Å². The first-order valence-electron chi connectivity index (χ1n) is 5.99. The maximum atomic E-state index is 9.46. The quantitative estimate of drug-likeness (QED) is 0.783. The molecule has 17 heavy (non-hydrogen) atoms. The largest absolute Gasteiger partial charge is 0.508 e. The van der Waals surface area contributed by atoms with Crippen molar-refractivity contribution in [3.63, 3.8) is 0 Å². The molecule has 3 rings (SSSR count). The van der Waals surface area contributed by atoms with E-state index in [1.54, 1.807) is 18.5 Å². The smallest absolute Gasteiger partial charge is 0.117 e. The van der Waals surface area contributed by atoms with Crippen LogP contribution >= 0.6 is 0 Å². The van der Waals surface area contributed by atoms with Gasteiger partial charge in [0.05, 0.1) is 11.2 Å². The van der Waals surface area contributed by atoms with Crippen LogP contribution in [0.4, 0.5) is 0 Å². The Kier molecular flexibility index (Phi) is 2.65. The minimum absolute atomic E-state index is 0.257. The second-order valence-corrected chi connectivity index (χ2v) is 4.48. The summed E-state index contributed by atoms with van der Waals surface area (Å²) in [7, 11) is 0. The fourth-order valence-corrected chi connectivity index (χ4v) is 2.49. The maximum absolute atomic E-state index is 9.46. The molecule has 0 aliphatic carbocycles. The van der Waals surface area contributed by atoms with Gasteiger partial charge >= 0.3 is 0 Å². The van der Waals surface area contributed by atoms with Gasteiger partial charge < -0.3 is 10.4 Å². The van der Waals surface area contributed by atoms with E-state index < -0.39 is 0 Å². The minimum Gasteiger partial charge on any atom is -0.508 e. The van der Waals surface area contributed by atoms with Gasteiger partial charge in [-0.1, -0.05) is 0 Å². The summed E-state index contributed by atoms with van der Waals surface area (Å²) in [5, 5.41) is 13.9. The molecule has 1 aliphatic rings. The Hall–Kier alpha value is -1.68. The molecule has 1 saturated heterocycles. The number of benzene rings is 1. The summed E-state index contributed by atoms with van der Waals surface area (Å²) in [5.41, 5.74) is 1.95. The van der Waals surface area contributed by atoms with E-state index in [0.717, 1.165) is 42.5 Å². The van der Waals surface area contributed by atoms with Gasteiger partial charge in [-0.3, -0.25) is 0 Å². The van der Waals surface area contributed by atoms with Crippen LogP contribution in [0.5, 0.6) is 5.75 Å². The lowest BCUT2D eigenvalue weighted by molar-refractivity contribution is 0.455. The van der Waals surface area contributed by atoms with Crippen molar-refractivity contribution in [2.75, 3.05) is 13.1 Å². The van der Waals surface area contributed by atoms with E-state index in [0.29, 0.717) is 5.92 Å².